The van der Waals surface area contributed by atoms with Gasteiger partial charge in [0.2, 0.25) is 0 Å². The molecule has 0 N–H and O–H groups in total. The van der Waals surface area contributed by atoms with E-state index in [0.717, 1.165) is 36.8 Å². The average Bonchev–Trinajstić information content (AvgIpc) is 2.92. The van der Waals surface area contributed by atoms with Crippen molar-refractivity contribution in [3.8, 4) is 0 Å². The fraction of sp³-hybridized carbons (Fsp3) is 0.462. The quantitative estimate of drug-likeness (QED) is 0.797. The first-order valence-electron chi connectivity index (χ1n) is 5.87. The molecule has 4 nitrogen and oxygen atoms in total. The van der Waals surface area contributed by atoms with Crippen molar-refractivity contribution in [3.05, 3.63) is 41.2 Å². The zero-order valence-corrected chi connectivity index (χ0v) is 10.6. The van der Waals surface area contributed by atoms with Crippen LogP contribution in [0.4, 0.5) is 0 Å². The first-order valence-corrected chi connectivity index (χ1v) is 5.87. The van der Waals surface area contributed by atoms with Crippen LogP contribution in [0.5, 0.6) is 0 Å². The Balaban J connectivity index is 2.05. The summed E-state index contributed by atoms with van der Waals surface area (Å²) in [6.07, 6.45) is 1.71. The van der Waals surface area contributed by atoms with Crippen molar-refractivity contribution >= 4 is 0 Å². The summed E-state index contributed by atoms with van der Waals surface area (Å²) < 4.78 is 10.5. The molecule has 0 bridgehead atoms. The summed E-state index contributed by atoms with van der Waals surface area (Å²) in [5.41, 5.74) is 2.15. The van der Waals surface area contributed by atoms with Crippen LogP contribution < -0.4 is 0 Å². The monoisotopic (exact) mass is 234 g/mol. The van der Waals surface area contributed by atoms with Crippen LogP contribution in [0.2, 0.25) is 0 Å². The van der Waals surface area contributed by atoms with Gasteiger partial charge in [0.05, 0.1) is 18.5 Å². The van der Waals surface area contributed by atoms with Crippen molar-refractivity contribution in [1.82, 2.24) is 10.1 Å². The van der Waals surface area contributed by atoms with Gasteiger partial charge in [-0.05, 0) is 32.5 Å². The Labute approximate surface area is 101 Å². The molecule has 0 amide bonds. The first kappa shape index (κ1) is 11.9. The predicted molar refractivity (Wildman–Crippen MR) is 64.5 cm³/mol. The molecular weight excluding hydrogens is 216 g/mol. The summed E-state index contributed by atoms with van der Waals surface area (Å²) in [4.78, 5) is 2.30. The number of hydrogen-bond donors (Lipinski definition) is 0. The van der Waals surface area contributed by atoms with Crippen molar-refractivity contribution in [2.24, 2.45) is 0 Å². The fourth-order valence-corrected chi connectivity index (χ4v) is 1.85. The minimum atomic E-state index is 0.813. The highest BCUT2D eigenvalue weighted by Crippen LogP contribution is 2.16. The lowest BCUT2D eigenvalue weighted by Gasteiger charge is -2.18. The van der Waals surface area contributed by atoms with Crippen molar-refractivity contribution in [2.45, 2.75) is 33.9 Å². The standard InChI is InChI=1S/C13H18N2O2/c1-4-15(8-12-6-5-7-16-12)9-13-10(2)14-17-11(13)3/h5-7H,4,8-9H2,1-3H3. The second kappa shape index (κ2) is 5.19. The van der Waals surface area contributed by atoms with E-state index in [9.17, 15) is 0 Å². The van der Waals surface area contributed by atoms with E-state index in [1.54, 1.807) is 6.26 Å². The highest BCUT2D eigenvalue weighted by molar-refractivity contribution is 5.20. The molecule has 17 heavy (non-hydrogen) atoms. The van der Waals surface area contributed by atoms with Gasteiger partial charge >= 0.3 is 0 Å². The van der Waals surface area contributed by atoms with Gasteiger partial charge < -0.3 is 8.94 Å². The van der Waals surface area contributed by atoms with E-state index >= 15 is 0 Å². The molecule has 0 atom stereocenters. The average molecular weight is 234 g/mol. The van der Waals surface area contributed by atoms with Crippen molar-refractivity contribution in [1.29, 1.82) is 0 Å². The lowest BCUT2D eigenvalue weighted by molar-refractivity contribution is 0.246. The molecule has 92 valence electrons. The lowest BCUT2D eigenvalue weighted by Crippen LogP contribution is -2.22. The Morgan fingerprint density at radius 2 is 2.12 bits per heavy atom. The predicted octanol–water partition coefficient (Wildman–Crippen LogP) is 2.91. The summed E-state index contributed by atoms with van der Waals surface area (Å²) >= 11 is 0. The summed E-state index contributed by atoms with van der Waals surface area (Å²) in [5.74, 6) is 1.89. The third-order valence-corrected chi connectivity index (χ3v) is 2.97. The number of hydrogen-bond acceptors (Lipinski definition) is 4. The van der Waals surface area contributed by atoms with E-state index in [2.05, 4.69) is 17.0 Å². The minimum absolute atomic E-state index is 0.813. The zero-order chi connectivity index (χ0) is 12.3. The van der Waals surface area contributed by atoms with Crippen LogP contribution in [-0.4, -0.2) is 16.6 Å². The summed E-state index contributed by atoms with van der Waals surface area (Å²) in [5, 5.41) is 3.98. The summed E-state index contributed by atoms with van der Waals surface area (Å²) in [7, 11) is 0. The molecule has 0 saturated carbocycles. The molecule has 0 aliphatic carbocycles. The molecule has 0 aliphatic rings. The van der Waals surface area contributed by atoms with Crippen LogP contribution in [-0.2, 0) is 13.1 Å². The number of aryl methyl sites for hydroxylation is 2. The molecule has 2 rings (SSSR count). The molecule has 0 fully saturated rings. The Morgan fingerprint density at radius 3 is 2.65 bits per heavy atom. The van der Waals surface area contributed by atoms with Gasteiger partial charge in [-0.1, -0.05) is 12.1 Å². The molecule has 0 aromatic carbocycles. The topological polar surface area (TPSA) is 42.4 Å². The van der Waals surface area contributed by atoms with Crippen LogP contribution in [0.15, 0.2) is 27.3 Å². The maximum atomic E-state index is 5.36. The third kappa shape index (κ3) is 2.77. The number of aromatic nitrogens is 1. The smallest absolute Gasteiger partial charge is 0.138 e. The van der Waals surface area contributed by atoms with Gasteiger partial charge in [-0.3, -0.25) is 4.90 Å². The molecule has 0 spiro atoms. The molecule has 2 aromatic heterocycles. The summed E-state index contributed by atoms with van der Waals surface area (Å²) in [6, 6.07) is 3.91. The van der Waals surface area contributed by atoms with Crippen LogP contribution in [0, 0.1) is 13.8 Å². The highest BCUT2D eigenvalue weighted by Gasteiger charge is 2.13. The fourth-order valence-electron chi connectivity index (χ4n) is 1.85. The van der Waals surface area contributed by atoms with E-state index < -0.39 is 0 Å². The number of rotatable bonds is 5. The van der Waals surface area contributed by atoms with Gasteiger partial charge in [0, 0.05) is 12.1 Å². The van der Waals surface area contributed by atoms with Gasteiger partial charge in [0.15, 0.2) is 0 Å². The van der Waals surface area contributed by atoms with Gasteiger partial charge in [-0.15, -0.1) is 0 Å². The normalized spacial score (nSPS) is 11.3. The Bertz CT molecular complexity index is 440. The van der Waals surface area contributed by atoms with Crippen molar-refractivity contribution < 1.29 is 8.94 Å². The van der Waals surface area contributed by atoms with Gasteiger partial charge in [-0.25, -0.2) is 0 Å². The summed E-state index contributed by atoms with van der Waals surface area (Å²) in [6.45, 7) is 8.69. The largest absolute Gasteiger partial charge is 0.468 e. The number of nitrogens with zero attached hydrogens (tertiary/aromatic N) is 2. The van der Waals surface area contributed by atoms with Gasteiger partial charge in [0.1, 0.15) is 11.5 Å². The molecule has 0 aliphatic heterocycles. The molecule has 0 unspecified atom stereocenters. The van der Waals surface area contributed by atoms with E-state index in [-0.39, 0.29) is 0 Å². The second-order valence-corrected chi connectivity index (χ2v) is 4.19. The number of furan rings is 1. The molecule has 0 saturated heterocycles. The Morgan fingerprint density at radius 1 is 1.29 bits per heavy atom. The third-order valence-electron chi connectivity index (χ3n) is 2.97. The van der Waals surface area contributed by atoms with Crippen molar-refractivity contribution in [2.75, 3.05) is 6.54 Å². The van der Waals surface area contributed by atoms with E-state index in [4.69, 9.17) is 8.94 Å². The second-order valence-electron chi connectivity index (χ2n) is 4.19. The maximum absolute atomic E-state index is 5.36. The van der Waals surface area contributed by atoms with E-state index in [1.807, 2.05) is 26.0 Å². The van der Waals surface area contributed by atoms with Crippen LogP contribution >= 0.6 is 0 Å². The highest BCUT2D eigenvalue weighted by atomic mass is 16.5. The molecule has 4 heteroatoms. The first-order chi connectivity index (χ1) is 8.20. The Hall–Kier alpha value is -1.55. The maximum Gasteiger partial charge on any atom is 0.138 e. The molecule has 2 heterocycles. The lowest BCUT2D eigenvalue weighted by atomic mass is 10.2. The van der Waals surface area contributed by atoms with Crippen molar-refractivity contribution in [3.63, 3.8) is 0 Å². The minimum Gasteiger partial charge on any atom is -0.468 e. The van der Waals surface area contributed by atoms with E-state index in [1.165, 1.54) is 5.56 Å². The van der Waals surface area contributed by atoms with Gasteiger partial charge in [-0.2, -0.15) is 0 Å². The van der Waals surface area contributed by atoms with Crippen LogP contribution in [0.1, 0.15) is 29.7 Å². The SMILES string of the molecule is CCN(Cc1ccco1)Cc1c(C)noc1C. The Kier molecular flexibility index (Phi) is 3.64. The molecule has 0 radical (unpaired) electrons. The zero-order valence-electron chi connectivity index (χ0n) is 10.6. The van der Waals surface area contributed by atoms with E-state index in [0.29, 0.717) is 0 Å². The molecule has 2 aromatic rings. The molecular formula is C13H18N2O2. The van der Waals surface area contributed by atoms with Crippen LogP contribution in [0.25, 0.3) is 0 Å². The van der Waals surface area contributed by atoms with Crippen LogP contribution in [0.3, 0.4) is 0 Å². The van der Waals surface area contributed by atoms with Gasteiger partial charge in [0.25, 0.3) is 0 Å².